The minimum Gasteiger partial charge on any atom is -0.401 e. The van der Waals surface area contributed by atoms with Crippen molar-refractivity contribution < 1.29 is 0 Å². The van der Waals surface area contributed by atoms with Crippen LogP contribution in [0.25, 0.3) is 0 Å². The Hall–Kier alpha value is -1.16. The lowest BCUT2D eigenvalue weighted by molar-refractivity contribution is 1.14. The molecule has 0 saturated carbocycles. The predicted octanol–water partition coefficient (Wildman–Crippen LogP) is 1.57. The van der Waals surface area contributed by atoms with Gasteiger partial charge in [0.25, 0.3) is 0 Å². The number of allylic oxidation sites excluding steroid dienone is 4. The Bertz CT molecular complexity index is 235. The van der Waals surface area contributed by atoms with Crippen molar-refractivity contribution in [3.05, 3.63) is 23.4 Å². The Kier molecular flexibility index (Phi) is 2.17. The fourth-order valence-corrected chi connectivity index (χ4v) is 0.771. The van der Waals surface area contributed by atoms with E-state index in [1.54, 1.807) is 0 Å². The molecule has 0 amide bonds. The maximum absolute atomic E-state index is 5.67. The van der Waals surface area contributed by atoms with Crippen LogP contribution in [0.2, 0.25) is 0 Å². The molecular weight excluding hydrogens is 122 g/mol. The van der Waals surface area contributed by atoms with E-state index in [0.29, 0.717) is 0 Å². The summed E-state index contributed by atoms with van der Waals surface area (Å²) in [6, 6.07) is 0. The highest BCUT2D eigenvalue weighted by Gasteiger charge is 1.92. The minimum atomic E-state index is 0.718. The number of hydrogen-bond donors (Lipinski definition) is 1. The number of rotatable bonds is 0. The third-order valence-corrected chi connectivity index (χ3v) is 1.50. The lowest BCUT2D eigenvalue weighted by Gasteiger charge is -1.99. The van der Waals surface area contributed by atoms with Gasteiger partial charge in [-0.2, -0.15) is 0 Å². The van der Waals surface area contributed by atoms with E-state index in [-0.39, 0.29) is 0 Å². The van der Waals surface area contributed by atoms with Gasteiger partial charge in [-0.25, -0.2) is 0 Å². The fourth-order valence-electron chi connectivity index (χ4n) is 0.771. The summed E-state index contributed by atoms with van der Waals surface area (Å²) in [4.78, 5) is 0. The van der Waals surface area contributed by atoms with Gasteiger partial charge >= 0.3 is 0 Å². The second-order valence-electron chi connectivity index (χ2n) is 2.35. The highest BCUT2D eigenvalue weighted by Crippen LogP contribution is 2.05. The van der Waals surface area contributed by atoms with Crippen LogP contribution in [-0.4, -0.2) is 0 Å². The van der Waals surface area contributed by atoms with Crippen LogP contribution in [0.1, 0.15) is 19.8 Å². The molecule has 2 N–H and O–H groups in total. The Morgan fingerprint density at radius 3 is 3.10 bits per heavy atom. The van der Waals surface area contributed by atoms with Gasteiger partial charge < -0.3 is 5.73 Å². The van der Waals surface area contributed by atoms with E-state index in [1.165, 1.54) is 0 Å². The van der Waals surface area contributed by atoms with E-state index in [1.807, 2.05) is 19.1 Å². The summed E-state index contributed by atoms with van der Waals surface area (Å²) in [7, 11) is 0. The average Bonchev–Trinajstić information content (AvgIpc) is 1.92. The van der Waals surface area contributed by atoms with Gasteiger partial charge in [0, 0.05) is 18.5 Å². The Morgan fingerprint density at radius 1 is 1.50 bits per heavy atom. The zero-order valence-corrected chi connectivity index (χ0v) is 6.15. The summed E-state index contributed by atoms with van der Waals surface area (Å²) in [6.45, 7) is 2.01. The SMILES string of the molecule is CC1=C(\N)CC#CC/C=C\1. The first-order valence-corrected chi connectivity index (χ1v) is 3.38. The summed E-state index contributed by atoms with van der Waals surface area (Å²) in [5, 5.41) is 0. The molecule has 0 aliphatic heterocycles. The molecule has 1 nitrogen and oxygen atoms in total. The fraction of sp³-hybridized carbons (Fsp3) is 0.333. The van der Waals surface area contributed by atoms with Crippen LogP contribution >= 0.6 is 0 Å². The average molecular weight is 133 g/mol. The lowest BCUT2D eigenvalue weighted by Crippen LogP contribution is -1.99. The molecular formula is C9H11N. The molecule has 0 heterocycles. The van der Waals surface area contributed by atoms with Crippen molar-refractivity contribution in [2.75, 3.05) is 0 Å². The molecule has 1 rings (SSSR count). The first-order chi connectivity index (χ1) is 4.80. The normalized spacial score (nSPS) is 27.7. The summed E-state index contributed by atoms with van der Waals surface area (Å²) < 4.78 is 0. The molecule has 0 saturated heterocycles. The molecule has 1 heteroatoms. The first kappa shape index (κ1) is 6.95. The van der Waals surface area contributed by atoms with E-state index in [0.717, 1.165) is 24.1 Å². The van der Waals surface area contributed by atoms with Crippen molar-refractivity contribution >= 4 is 0 Å². The van der Waals surface area contributed by atoms with Crippen LogP contribution in [0.15, 0.2) is 23.4 Å². The van der Waals surface area contributed by atoms with Crippen LogP contribution < -0.4 is 5.73 Å². The van der Waals surface area contributed by atoms with Gasteiger partial charge in [0.1, 0.15) is 0 Å². The number of hydrogen-bond acceptors (Lipinski definition) is 1. The van der Waals surface area contributed by atoms with Crippen molar-refractivity contribution in [2.24, 2.45) is 5.73 Å². The van der Waals surface area contributed by atoms with Gasteiger partial charge in [-0.15, -0.1) is 0 Å². The van der Waals surface area contributed by atoms with Crippen molar-refractivity contribution in [1.82, 2.24) is 0 Å². The molecule has 0 aromatic heterocycles. The van der Waals surface area contributed by atoms with Gasteiger partial charge in [-0.1, -0.05) is 24.0 Å². The number of nitrogens with two attached hydrogens (primary N) is 1. The van der Waals surface area contributed by atoms with Crippen molar-refractivity contribution in [3.63, 3.8) is 0 Å². The van der Waals surface area contributed by atoms with Crippen LogP contribution in [0.4, 0.5) is 0 Å². The molecule has 0 aromatic rings. The zero-order chi connectivity index (χ0) is 7.40. The smallest absolute Gasteiger partial charge is 0.0489 e. The third kappa shape index (κ3) is 1.66. The maximum atomic E-state index is 5.67. The van der Waals surface area contributed by atoms with Gasteiger partial charge in [0.05, 0.1) is 0 Å². The monoisotopic (exact) mass is 133 g/mol. The molecule has 10 heavy (non-hydrogen) atoms. The quantitative estimate of drug-likeness (QED) is 0.499. The summed E-state index contributed by atoms with van der Waals surface area (Å²) >= 11 is 0. The lowest BCUT2D eigenvalue weighted by atomic mass is 10.1. The van der Waals surface area contributed by atoms with Crippen molar-refractivity contribution in [2.45, 2.75) is 19.8 Å². The molecule has 0 atom stereocenters. The topological polar surface area (TPSA) is 26.0 Å². The van der Waals surface area contributed by atoms with E-state index >= 15 is 0 Å². The largest absolute Gasteiger partial charge is 0.401 e. The highest BCUT2D eigenvalue weighted by atomic mass is 14.6. The van der Waals surface area contributed by atoms with Crippen molar-refractivity contribution in [1.29, 1.82) is 0 Å². The van der Waals surface area contributed by atoms with E-state index in [9.17, 15) is 0 Å². The molecule has 0 fully saturated rings. The van der Waals surface area contributed by atoms with Gasteiger partial charge in [0.2, 0.25) is 0 Å². The molecule has 52 valence electrons. The molecule has 1 aliphatic carbocycles. The van der Waals surface area contributed by atoms with Crippen molar-refractivity contribution in [3.8, 4) is 11.8 Å². The molecule has 0 bridgehead atoms. The Balaban J connectivity index is 2.85. The van der Waals surface area contributed by atoms with Gasteiger partial charge in [-0.05, 0) is 12.5 Å². The van der Waals surface area contributed by atoms with E-state index in [2.05, 4.69) is 11.8 Å². The summed E-state index contributed by atoms with van der Waals surface area (Å²) in [6.07, 6.45) is 5.64. The van der Waals surface area contributed by atoms with Crippen LogP contribution in [0, 0.1) is 11.8 Å². The van der Waals surface area contributed by atoms with E-state index in [4.69, 9.17) is 5.73 Å². The highest BCUT2D eigenvalue weighted by molar-refractivity contribution is 5.28. The Labute approximate surface area is 61.6 Å². The zero-order valence-electron chi connectivity index (χ0n) is 6.15. The van der Waals surface area contributed by atoms with Gasteiger partial charge in [-0.3, -0.25) is 0 Å². The van der Waals surface area contributed by atoms with Crippen LogP contribution in [-0.2, 0) is 0 Å². The minimum absolute atomic E-state index is 0.718. The van der Waals surface area contributed by atoms with Crippen LogP contribution in [0.3, 0.4) is 0 Å². The molecule has 1 aliphatic rings. The molecule has 0 unspecified atom stereocenters. The second-order valence-corrected chi connectivity index (χ2v) is 2.35. The predicted molar refractivity (Wildman–Crippen MR) is 43.0 cm³/mol. The van der Waals surface area contributed by atoms with Gasteiger partial charge in [0.15, 0.2) is 0 Å². The molecule has 0 radical (unpaired) electrons. The second kappa shape index (κ2) is 3.12. The molecule has 0 spiro atoms. The summed E-state index contributed by atoms with van der Waals surface area (Å²) in [5.41, 5.74) is 7.71. The third-order valence-electron chi connectivity index (χ3n) is 1.50. The first-order valence-electron chi connectivity index (χ1n) is 3.38. The van der Waals surface area contributed by atoms with E-state index < -0.39 is 0 Å². The standard InChI is InChI=1S/C9H11N/c1-8-6-4-2-3-5-7-9(8)10/h4,6H,2,7,10H2,1H3/b6-4-,9-8+. The molecule has 0 aromatic carbocycles. The maximum Gasteiger partial charge on any atom is 0.0489 e. The summed E-state index contributed by atoms with van der Waals surface area (Å²) in [5.74, 6) is 5.97. The Morgan fingerprint density at radius 2 is 2.30 bits per heavy atom. The van der Waals surface area contributed by atoms with Crippen LogP contribution in [0.5, 0.6) is 0 Å².